The zero-order chi connectivity index (χ0) is 14.1. The van der Waals surface area contributed by atoms with Crippen LogP contribution in [0, 0.1) is 0 Å². The fraction of sp³-hybridized carbons (Fsp3) is 1.00. The van der Waals surface area contributed by atoms with E-state index in [0.717, 1.165) is 26.1 Å². The van der Waals surface area contributed by atoms with Crippen LogP contribution < -0.4 is 5.32 Å². The summed E-state index contributed by atoms with van der Waals surface area (Å²) in [5, 5.41) is 3.74. The van der Waals surface area contributed by atoms with Gasteiger partial charge in [0.1, 0.15) is 0 Å². The van der Waals surface area contributed by atoms with Crippen molar-refractivity contribution in [3.05, 3.63) is 0 Å². The van der Waals surface area contributed by atoms with Gasteiger partial charge < -0.3 is 14.8 Å². The predicted octanol–water partition coefficient (Wildman–Crippen LogP) is 1.89. The molecule has 0 aromatic carbocycles. The number of hydrogen-bond acceptors (Lipinski definition) is 4. The standard InChI is InChI=1S/C15H32N2O2/c1-5-15(6-2)13-17(14(3)12-16-15)8-7-9-19-11-10-18-4/h14,16H,5-13H2,1-4H3. The third-order valence-corrected chi connectivity index (χ3v) is 4.42. The SMILES string of the molecule is CCC1(CC)CN(CCCOCCOC)C(C)CN1. The smallest absolute Gasteiger partial charge is 0.0700 e. The molecule has 1 fully saturated rings. The Kier molecular flexibility index (Phi) is 7.91. The quantitative estimate of drug-likeness (QED) is 0.650. The van der Waals surface area contributed by atoms with Gasteiger partial charge in [-0.05, 0) is 26.2 Å². The first-order valence-electron chi connectivity index (χ1n) is 7.73. The minimum absolute atomic E-state index is 0.323. The summed E-state index contributed by atoms with van der Waals surface area (Å²) in [6.45, 7) is 12.5. The maximum Gasteiger partial charge on any atom is 0.0700 e. The topological polar surface area (TPSA) is 33.7 Å². The average molecular weight is 272 g/mol. The molecule has 0 amide bonds. The van der Waals surface area contributed by atoms with Crippen LogP contribution in [0.3, 0.4) is 0 Å². The highest BCUT2D eigenvalue weighted by Crippen LogP contribution is 2.22. The van der Waals surface area contributed by atoms with Gasteiger partial charge in [0.2, 0.25) is 0 Å². The van der Waals surface area contributed by atoms with Crippen molar-refractivity contribution >= 4 is 0 Å². The molecule has 0 aromatic heterocycles. The molecular formula is C15H32N2O2. The second kappa shape index (κ2) is 8.90. The average Bonchev–Trinajstić information content (AvgIpc) is 2.45. The van der Waals surface area contributed by atoms with Crippen LogP contribution in [-0.2, 0) is 9.47 Å². The molecule has 1 heterocycles. The van der Waals surface area contributed by atoms with Gasteiger partial charge in [0, 0.05) is 44.9 Å². The van der Waals surface area contributed by atoms with Gasteiger partial charge in [-0.3, -0.25) is 4.90 Å². The summed E-state index contributed by atoms with van der Waals surface area (Å²) in [6, 6.07) is 0.630. The summed E-state index contributed by atoms with van der Waals surface area (Å²) in [7, 11) is 1.71. The lowest BCUT2D eigenvalue weighted by atomic mass is 9.88. The van der Waals surface area contributed by atoms with Gasteiger partial charge in [0.25, 0.3) is 0 Å². The molecule has 4 heteroatoms. The van der Waals surface area contributed by atoms with E-state index in [0.29, 0.717) is 24.8 Å². The highest BCUT2D eigenvalue weighted by atomic mass is 16.5. The highest BCUT2D eigenvalue weighted by Gasteiger charge is 2.34. The molecule has 0 bridgehead atoms. The minimum Gasteiger partial charge on any atom is -0.382 e. The van der Waals surface area contributed by atoms with Crippen LogP contribution in [0.4, 0.5) is 0 Å². The molecule has 1 aliphatic heterocycles. The molecule has 0 aliphatic carbocycles. The minimum atomic E-state index is 0.323. The van der Waals surface area contributed by atoms with Gasteiger partial charge in [-0.25, -0.2) is 0 Å². The predicted molar refractivity (Wildman–Crippen MR) is 79.7 cm³/mol. The lowest BCUT2D eigenvalue weighted by Crippen LogP contribution is -2.63. The monoisotopic (exact) mass is 272 g/mol. The normalized spacial score (nSPS) is 23.7. The lowest BCUT2D eigenvalue weighted by molar-refractivity contribution is 0.0480. The number of nitrogens with one attached hydrogen (secondary N) is 1. The molecule has 0 aromatic rings. The molecule has 0 spiro atoms. The van der Waals surface area contributed by atoms with Gasteiger partial charge in [-0.15, -0.1) is 0 Å². The summed E-state index contributed by atoms with van der Waals surface area (Å²) in [5.74, 6) is 0. The highest BCUT2D eigenvalue weighted by molar-refractivity contribution is 4.95. The first-order chi connectivity index (χ1) is 9.17. The van der Waals surface area contributed by atoms with Crippen LogP contribution in [-0.4, -0.2) is 63.0 Å². The van der Waals surface area contributed by atoms with E-state index in [1.165, 1.54) is 19.4 Å². The molecule has 1 atom stereocenters. The number of methoxy groups -OCH3 is 1. The van der Waals surface area contributed by atoms with E-state index in [-0.39, 0.29) is 0 Å². The van der Waals surface area contributed by atoms with Crippen LogP contribution in [0.2, 0.25) is 0 Å². The van der Waals surface area contributed by atoms with Crippen LogP contribution in [0.1, 0.15) is 40.0 Å². The zero-order valence-electron chi connectivity index (χ0n) is 13.2. The van der Waals surface area contributed by atoms with Crippen molar-refractivity contribution in [2.45, 2.75) is 51.6 Å². The maximum absolute atomic E-state index is 5.54. The maximum atomic E-state index is 5.54. The van der Waals surface area contributed by atoms with Crippen molar-refractivity contribution < 1.29 is 9.47 Å². The molecular weight excluding hydrogens is 240 g/mol. The van der Waals surface area contributed by atoms with E-state index in [1.54, 1.807) is 7.11 Å². The molecule has 1 N–H and O–H groups in total. The number of ether oxygens (including phenoxy) is 2. The Morgan fingerprint density at radius 2 is 1.95 bits per heavy atom. The molecule has 4 nitrogen and oxygen atoms in total. The van der Waals surface area contributed by atoms with Gasteiger partial charge >= 0.3 is 0 Å². The summed E-state index contributed by atoms with van der Waals surface area (Å²) in [6.07, 6.45) is 3.52. The van der Waals surface area contributed by atoms with E-state index in [2.05, 4.69) is 31.0 Å². The molecule has 1 rings (SSSR count). The fourth-order valence-electron chi connectivity index (χ4n) is 2.73. The van der Waals surface area contributed by atoms with E-state index >= 15 is 0 Å². The molecule has 1 aliphatic rings. The number of hydrogen-bond donors (Lipinski definition) is 1. The van der Waals surface area contributed by atoms with Crippen LogP contribution >= 0.6 is 0 Å². The molecule has 1 saturated heterocycles. The Labute approximate surface area is 118 Å². The third kappa shape index (κ3) is 5.38. The summed E-state index contributed by atoms with van der Waals surface area (Å²) < 4.78 is 10.5. The van der Waals surface area contributed by atoms with E-state index in [9.17, 15) is 0 Å². The Hall–Kier alpha value is -0.160. The van der Waals surface area contributed by atoms with Gasteiger partial charge in [-0.1, -0.05) is 13.8 Å². The molecule has 114 valence electrons. The van der Waals surface area contributed by atoms with Gasteiger partial charge in [0.15, 0.2) is 0 Å². The Morgan fingerprint density at radius 3 is 2.58 bits per heavy atom. The van der Waals surface area contributed by atoms with E-state index in [4.69, 9.17) is 9.47 Å². The fourth-order valence-corrected chi connectivity index (χ4v) is 2.73. The molecule has 0 radical (unpaired) electrons. The molecule has 0 saturated carbocycles. The number of piperazine rings is 1. The Bertz CT molecular complexity index is 232. The lowest BCUT2D eigenvalue weighted by Gasteiger charge is -2.46. The molecule has 1 unspecified atom stereocenters. The van der Waals surface area contributed by atoms with Crippen LogP contribution in [0.15, 0.2) is 0 Å². The van der Waals surface area contributed by atoms with E-state index in [1.807, 2.05) is 0 Å². The Morgan fingerprint density at radius 1 is 1.21 bits per heavy atom. The molecule has 19 heavy (non-hydrogen) atoms. The second-order valence-electron chi connectivity index (χ2n) is 5.65. The number of nitrogens with zero attached hydrogens (tertiary/aromatic N) is 1. The Balaban J connectivity index is 2.26. The summed E-state index contributed by atoms with van der Waals surface area (Å²) in [4.78, 5) is 2.61. The first-order valence-corrected chi connectivity index (χ1v) is 7.73. The van der Waals surface area contributed by atoms with Crippen molar-refractivity contribution in [2.24, 2.45) is 0 Å². The number of rotatable bonds is 9. The van der Waals surface area contributed by atoms with Crippen molar-refractivity contribution in [2.75, 3.05) is 46.6 Å². The van der Waals surface area contributed by atoms with Gasteiger partial charge in [-0.2, -0.15) is 0 Å². The van der Waals surface area contributed by atoms with Crippen LogP contribution in [0.25, 0.3) is 0 Å². The third-order valence-electron chi connectivity index (χ3n) is 4.42. The summed E-state index contributed by atoms with van der Waals surface area (Å²) in [5.41, 5.74) is 0.323. The largest absolute Gasteiger partial charge is 0.382 e. The van der Waals surface area contributed by atoms with Crippen LogP contribution in [0.5, 0.6) is 0 Å². The summed E-state index contributed by atoms with van der Waals surface area (Å²) >= 11 is 0. The zero-order valence-corrected chi connectivity index (χ0v) is 13.2. The van der Waals surface area contributed by atoms with E-state index < -0.39 is 0 Å². The van der Waals surface area contributed by atoms with Crippen molar-refractivity contribution in [3.63, 3.8) is 0 Å². The first kappa shape index (κ1) is 16.9. The van der Waals surface area contributed by atoms with Crippen molar-refractivity contribution in [1.29, 1.82) is 0 Å². The van der Waals surface area contributed by atoms with Crippen molar-refractivity contribution in [1.82, 2.24) is 10.2 Å². The van der Waals surface area contributed by atoms with Crippen molar-refractivity contribution in [3.8, 4) is 0 Å². The second-order valence-corrected chi connectivity index (χ2v) is 5.65. The van der Waals surface area contributed by atoms with Gasteiger partial charge in [0.05, 0.1) is 13.2 Å².